The van der Waals surface area contributed by atoms with Crippen molar-refractivity contribution in [3.63, 3.8) is 0 Å². The lowest BCUT2D eigenvalue weighted by molar-refractivity contribution is -0.120. The van der Waals surface area contributed by atoms with Crippen LogP contribution in [0.15, 0.2) is 40.7 Å². The standard InChI is InChI=1S/C19H24N4O2S/c1-2-25-16-6-4-3-5-15(16)23-17(13-22-10-8-20-9-11-22)21-18-14(19(23)24)7-12-26-18/h3-7,12,14,18,20H,2,8-11,13H2,1H3. The number of amides is 1. The van der Waals surface area contributed by atoms with E-state index in [1.807, 2.05) is 42.7 Å². The highest BCUT2D eigenvalue weighted by Gasteiger charge is 2.41. The summed E-state index contributed by atoms with van der Waals surface area (Å²) >= 11 is 1.63. The van der Waals surface area contributed by atoms with E-state index in [1.165, 1.54) is 0 Å². The number of carbonyl (C=O) groups excluding carboxylic acids is 1. The van der Waals surface area contributed by atoms with Gasteiger partial charge in [0.05, 0.1) is 24.8 Å². The van der Waals surface area contributed by atoms with E-state index in [2.05, 4.69) is 10.2 Å². The molecule has 2 unspecified atom stereocenters. The minimum absolute atomic E-state index is 0.0316. The van der Waals surface area contributed by atoms with Gasteiger partial charge in [-0.1, -0.05) is 18.2 Å². The predicted octanol–water partition coefficient (Wildman–Crippen LogP) is 1.94. The number of hydrogen-bond donors (Lipinski definition) is 1. The zero-order chi connectivity index (χ0) is 17.9. The highest BCUT2D eigenvalue weighted by molar-refractivity contribution is 8.03. The Morgan fingerprint density at radius 3 is 2.92 bits per heavy atom. The molecule has 138 valence electrons. The van der Waals surface area contributed by atoms with Gasteiger partial charge in [-0.05, 0) is 24.5 Å². The quantitative estimate of drug-likeness (QED) is 0.856. The lowest BCUT2D eigenvalue weighted by atomic mass is 10.0. The number of rotatable bonds is 5. The first-order valence-corrected chi connectivity index (χ1v) is 10.1. The van der Waals surface area contributed by atoms with Crippen LogP contribution in [-0.4, -0.2) is 61.3 Å². The maximum absolute atomic E-state index is 13.3. The fourth-order valence-electron chi connectivity index (χ4n) is 3.54. The molecule has 3 aliphatic rings. The summed E-state index contributed by atoms with van der Waals surface area (Å²) in [6.45, 7) is 7.07. The van der Waals surface area contributed by atoms with Crippen LogP contribution in [0.3, 0.4) is 0 Å². The number of hydrogen-bond acceptors (Lipinski definition) is 6. The van der Waals surface area contributed by atoms with Gasteiger partial charge in [0.25, 0.3) is 0 Å². The van der Waals surface area contributed by atoms with E-state index in [-0.39, 0.29) is 17.2 Å². The molecule has 0 aromatic heterocycles. The molecular formula is C19H24N4O2S. The van der Waals surface area contributed by atoms with Gasteiger partial charge in [0.1, 0.15) is 17.0 Å². The molecule has 0 radical (unpaired) electrons. The molecule has 2 atom stereocenters. The maximum atomic E-state index is 13.3. The van der Waals surface area contributed by atoms with Crippen molar-refractivity contribution in [2.75, 3.05) is 44.2 Å². The number of piperazine rings is 1. The van der Waals surface area contributed by atoms with Gasteiger partial charge >= 0.3 is 0 Å². The summed E-state index contributed by atoms with van der Waals surface area (Å²) in [6, 6.07) is 7.74. The van der Waals surface area contributed by atoms with Crippen molar-refractivity contribution in [2.45, 2.75) is 12.3 Å². The molecule has 1 N–H and O–H groups in total. The number of ether oxygens (including phenoxy) is 1. The average Bonchev–Trinajstić information content (AvgIpc) is 3.13. The minimum atomic E-state index is -0.193. The summed E-state index contributed by atoms with van der Waals surface area (Å²) in [6.07, 6.45) is 1.97. The summed E-state index contributed by atoms with van der Waals surface area (Å²) in [5.41, 5.74) is 0.789. The van der Waals surface area contributed by atoms with E-state index in [9.17, 15) is 4.79 Å². The minimum Gasteiger partial charge on any atom is -0.492 e. The molecule has 3 heterocycles. The highest BCUT2D eigenvalue weighted by Crippen LogP contribution is 2.39. The second kappa shape index (κ2) is 7.82. The van der Waals surface area contributed by atoms with Crippen molar-refractivity contribution < 1.29 is 9.53 Å². The van der Waals surface area contributed by atoms with E-state index in [0.29, 0.717) is 13.2 Å². The molecule has 1 amide bonds. The van der Waals surface area contributed by atoms with Gasteiger partial charge in [-0.25, -0.2) is 0 Å². The Morgan fingerprint density at radius 1 is 1.31 bits per heavy atom. The van der Waals surface area contributed by atoms with Crippen molar-refractivity contribution in [3.05, 3.63) is 35.7 Å². The van der Waals surface area contributed by atoms with Gasteiger partial charge in [0, 0.05) is 26.2 Å². The van der Waals surface area contributed by atoms with Crippen LogP contribution in [0.2, 0.25) is 0 Å². The van der Waals surface area contributed by atoms with E-state index in [4.69, 9.17) is 9.73 Å². The molecule has 7 heteroatoms. The van der Waals surface area contributed by atoms with E-state index in [1.54, 1.807) is 16.7 Å². The number of anilines is 1. The number of para-hydroxylation sites is 2. The number of aliphatic imine (C=N–C) groups is 1. The van der Waals surface area contributed by atoms with E-state index >= 15 is 0 Å². The molecule has 0 bridgehead atoms. The monoisotopic (exact) mass is 372 g/mol. The number of carbonyl (C=O) groups is 1. The van der Waals surface area contributed by atoms with Gasteiger partial charge in [0.15, 0.2) is 0 Å². The Kier molecular flexibility index (Phi) is 5.28. The first-order chi connectivity index (χ1) is 12.8. The van der Waals surface area contributed by atoms with Crippen LogP contribution >= 0.6 is 11.8 Å². The summed E-state index contributed by atoms with van der Waals surface area (Å²) in [5, 5.41) is 5.34. The normalized spacial score (nSPS) is 26.0. The van der Waals surface area contributed by atoms with Gasteiger partial charge in [0.2, 0.25) is 5.91 Å². The summed E-state index contributed by atoms with van der Waals surface area (Å²) in [5.74, 6) is 1.44. The number of nitrogens with one attached hydrogen (secondary N) is 1. The Morgan fingerprint density at radius 2 is 2.12 bits per heavy atom. The lowest BCUT2D eigenvalue weighted by Crippen LogP contribution is -2.53. The average molecular weight is 372 g/mol. The summed E-state index contributed by atoms with van der Waals surface area (Å²) < 4.78 is 5.79. The topological polar surface area (TPSA) is 57.2 Å². The molecule has 1 saturated heterocycles. The molecule has 0 aliphatic carbocycles. The summed E-state index contributed by atoms with van der Waals surface area (Å²) in [4.78, 5) is 22.4. The van der Waals surface area contributed by atoms with Crippen LogP contribution in [0.1, 0.15) is 6.92 Å². The van der Waals surface area contributed by atoms with Crippen LogP contribution in [-0.2, 0) is 4.79 Å². The zero-order valence-electron chi connectivity index (χ0n) is 14.9. The fraction of sp³-hybridized carbons (Fsp3) is 0.474. The molecule has 26 heavy (non-hydrogen) atoms. The van der Waals surface area contributed by atoms with Crippen molar-refractivity contribution >= 4 is 29.2 Å². The van der Waals surface area contributed by atoms with Gasteiger partial charge in [-0.2, -0.15) is 0 Å². The van der Waals surface area contributed by atoms with Crippen LogP contribution in [0.4, 0.5) is 5.69 Å². The number of amidine groups is 1. The molecule has 3 aliphatic heterocycles. The van der Waals surface area contributed by atoms with Gasteiger partial charge in [-0.15, -0.1) is 11.8 Å². The largest absolute Gasteiger partial charge is 0.492 e. The van der Waals surface area contributed by atoms with Crippen molar-refractivity contribution in [1.82, 2.24) is 10.2 Å². The number of nitrogens with zero attached hydrogens (tertiary/aromatic N) is 3. The van der Waals surface area contributed by atoms with Crippen LogP contribution in [0.5, 0.6) is 5.75 Å². The third kappa shape index (κ3) is 3.39. The second-order valence-corrected chi connectivity index (χ2v) is 7.55. The maximum Gasteiger partial charge on any atom is 0.242 e. The van der Waals surface area contributed by atoms with Crippen molar-refractivity contribution in [3.8, 4) is 5.75 Å². The fourth-order valence-corrected chi connectivity index (χ4v) is 4.52. The Balaban J connectivity index is 1.69. The van der Waals surface area contributed by atoms with Gasteiger partial charge < -0.3 is 10.1 Å². The van der Waals surface area contributed by atoms with Crippen LogP contribution < -0.4 is 15.0 Å². The molecule has 1 fully saturated rings. The number of fused-ring (bicyclic) bond motifs is 1. The zero-order valence-corrected chi connectivity index (χ0v) is 15.7. The smallest absolute Gasteiger partial charge is 0.242 e. The molecule has 0 saturated carbocycles. The first-order valence-electron chi connectivity index (χ1n) is 9.15. The SMILES string of the molecule is CCOc1ccccc1N1C(=O)C2C=CSC2N=C1CN1CCNCC1. The molecule has 1 aromatic carbocycles. The number of benzene rings is 1. The molecule has 1 aromatic rings. The van der Waals surface area contributed by atoms with E-state index in [0.717, 1.165) is 43.5 Å². The number of thioether (sulfide) groups is 1. The Bertz CT molecular complexity index is 730. The molecule has 0 spiro atoms. The predicted molar refractivity (Wildman–Crippen MR) is 106 cm³/mol. The third-order valence-electron chi connectivity index (χ3n) is 4.83. The highest BCUT2D eigenvalue weighted by atomic mass is 32.2. The third-order valence-corrected chi connectivity index (χ3v) is 5.82. The first kappa shape index (κ1) is 17.6. The Hall–Kier alpha value is -1.83. The van der Waals surface area contributed by atoms with Gasteiger partial charge in [-0.3, -0.25) is 19.6 Å². The van der Waals surface area contributed by atoms with Crippen molar-refractivity contribution in [1.29, 1.82) is 0 Å². The summed E-state index contributed by atoms with van der Waals surface area (Å²) in [7, 11) is 0. The molecule has 4 rings (SSSR count). The van der Waals surface area contributed by atoms with Crippen LogP contribution in [0, 0.1) is 5.92 Å². The Labute approximate surface area is 158 Å². The lowest BCUT2D eigenvalue weighted by Gasteiger charge is -2.36. The van der Waals surface area contributed by atoms with Crippen LogP contribution in [0.25, 0.3) is 0 Å². The second-order valence-electron chi connectivity index (χ2n) is 6.53. The van der Waals surface area contributed by atoms with E-state index < -0.39 is 0 Å². The van der Waals surface area contributed by atoms with Crippen molar-refractivity contribution in [2.24, 2.45) is 10.9 Å². The molecular weight excluding hydrogens is 348 g/mol. The molecule has 6 nitrogen and oxygen atoms in total.